The lowest BCUT2D eigenvalue weighted by atomic mass is 9.97. The van der Waals surface area contributed by atoms with E-state index >= 15 is 0 Å². The van der Waals surface area contributed by atoms with Gasteiger partial charge in [0, 0.05) is 6.42 Å². The summed E-state index contributed by atoms with van der Waals surface area (Å²) in [5, 5.41) is 0. The molecule has 0 aromatic rings. The van der Waals surface area contributed by atoms with Crippen molar-refractivity contribution in [3.05, 3.63) is 22.2 Å². The van der Waals surface area contributed by atoms with Gasteiger partial charge in [-0.3, -0.25) is 0 Å². The predicted molar refractivity (Wildman–Crippen MR) is 49.6 cm³/mol. The summed E-state index contributed by atoms with van der Waals surface area (Å²) in [6, 6.07) is 0. The molecule has 0 bridgehead atoms. The van der Waals surface area contributed by atoms with Crippen LogP contribution in [0.3, 0.4) is 0 Å². The molecule has 3 heteroatoms. The first kappa shape index (κ1) is 9.90. The lowest BCUT2D eigenvalue weighted by Crippen LogP contribution is -2.18. The molecule has 68 valence electrons. The van der Waals surface area contributed by atoms with Crippen molar-refractivity contribution in [2.45, 2.75) is 32.1 Å². The molecule has 0 atom stereocenters. The Balaban J connectivity index is 2.77. The monoisotopic (exact) mass is 236 g/mol. The summed E-state index contributed by atoms with van der Waals surface area (Å²) in [6.45, 7) is 1.51. The molecule has 0 heterocycles. The van der Waals surface area contributed by atoms with E-state index in [1.807, 2.05) is 0 Å². The van der Waals surface area contributed by atoms with Crippen molar-refractivity contribution in [2.75, 3.05) is 0 Å². The second-order valence-electron chi connectivity index (χ2n) is 2.86. The van der Waals surface area contributed by atoms with Gasteiger partial charge < -0.3 is 0 Å². The Kier molecular flexibility index (Phi) is 3.04. The van der Waals surface area contributed by atoms with Crippen LogP contribution >= 0.6 is 15.9 Å². The van der Waals surface area contributed by atoms with Crippen LogP contribution in [0.2, 0.25) is 0 Å². The quantitative estimate of drug-likeness (QED) is 0.680. The van der Waals surface area contributed by atoms with Gasteiger partial charge in [-0.25, -0.2) is 8.78 Å². The van der Waals surface area contributed by atoms with Crippen LogP contribution in [0.1, 0.15) is 26.2 Å². The van der Waals surface area contributed by atoms with Crippen LogP contribution in [0.5, 0.6) is 0 Å². The highest BCUT2D eigenvalue weighted by Gasteiger charge is 2.31. The van der Waals surface area contributed by atoms with Crippen LogP contribution < -0.4 is 0 Å². The largest absolute Gasteiger partial charge is 0.269 e. The molecular weight excluding hydrogens is 226 g/mol. The number of halogens is 3. The minimum Gasteiger partial charge on any atom is -0.202 e. The third kappa shape index (κ3) is 2.16. The van der Waals surface area contributed by atoms with Crippen LogP contribution in [0.25, 0.3) is 0 Å². The Morgan fingerprint density at radius 2 is 2.08 bits per heavy atom. The maximum atomic E-state index is 13.1. The third-order valence-electron chi connectivity index (χ3n) is 2.01. The van der Waals surface area contributed by atoms with E-state index in [0.717, 1.165) is 4.48 Å². The minimum atomic E-state index is -2.61. The molecule has 12 heavy (non-hydrogen) atoms. The molecular formula is C9H11BrF2. The smallest absolute Gasteiger partial charge is 0.202 e. The van der Waals surface area contributed by atoms with Crippen molar-refractivity contribution in [1.29, 1.82) is 0 Å². The molecule has 1 aliphatic carbocycles. The maximum Gasteiger partial charge on any atom is 0.269 e. The van der Waals surface area contributed by atoms with Gasteiger partial charge in [0.05, 0.1) is 0 Å². The molecule has 0 amide bonds. The van der Waals surface area contributed by atoms with Crippen LogP contribution in [0.4, 0.5) is 8.78 Å². The summed E-state index contributed by atoms with van der Waals surface area (Å²) < 4.78 is 27.1. The lowest BCUT2D eigenvalue weighted by Gasteiger charge is -2.20. The van der Waals surface area contributed by atoms with E-state index in [9.17, 15) is 8.78 Å². The van der Waals surface area contributed by atoms with Gasteiger partial charge in [-0.05, 0) is 22.9 Å². The first-order chi connectivity index (χ1) is 5.56. The Morgan fingerprint density at radius 3 is 2.50 bits per heavy atom. The maximum absolute atomic E-state index is 13.1. The summed E-state index contributed by atoms with van der Waals surface area (Å²) in [7, 11) is 0. The number of alkyl halides is 2. The first-order valence-electron chi connectivity index (χ1n) is 4.00. The fraction of sp³-hybridized carbons (Fsp3) is 0.556. The highest BCUT2D eigenvalue weighted by Crippen LogP contribution is 2.35. The summed E-state index contributed by atoms with van der Waals surface area (Å²) in [5.74, 6) is -2.61. The molecule has 0 nitrogen and oxygen atoms in total. The van der Waals surface area contributed by atoms with Crippen LogP contribution in [-0.4, -0.2) is 5.92 Å². The van der Waals surface area contributed by atoms with Crippen LogP contribution in [0.15, 0.2) is 22.2 Å². The zero-order chi connectivity index (χ0) is 9.19. The molecule has 0 N–H and O–H groups in total. The Hall–Kier alpha value is -0.180. The lowest BCUT2D eigenvalue weighted by molar-refractivity contribution is 0.0339. The average Bonchev–Trinajstić information content (AvgIpc) is 2.05. The molecule has 0 saturated heterocycles. The molecule has 0 aromatic heterocycles. The van der Waals surface area contributed by atoms with Crippen molar-refractivity contribution in [2.24, 2.45) is 0 Å². The standard InChI is InChI=1S/C9H11BrF2/c1-2-9(11,12)7-3-5-8(10)6-4-7/h3,5H,2,4,6H2,1H3. The van der Waals surface area contributed by atoms with E-state index in [2.05, 4.69) is 15.9 Å². The average molecular weight is 237 g/mol. The molecule has 1 aliphatic rings. The van der Waals surface area contributed by atoms with E-state index in [-0.39, 0.29) is 12.0 Å². The van der Waals surface area contributed by atoms with E-state index in [0.29, 0.717) is 12.8 Å². The van der Waals surface area contributed by atoms with Crippen molar-refractivity contribution >= 4 is 15.9 Å². The van der Waals surface area contributed by atoms with Gasteiger partial charge in [-0.15, -0.1) is 0 Å². The summed E-state index contributed by atoms with van der Waals surface area (Å²) in [6.07, 6.45) is 4.29. The van der Waals surface area contributed by atoms with Crippen LogP contribution in [-0.2, 0) is 0 Å². The van der Waals surface area contributed by atoms with Crippen molar-refractivity contribution in [3.63, 3.8) is 0 Å². The molecule has 0 unspecified atom stereocenters. The fourth-order valence-electron chi connectivity index (χ4n) is 1.14. The number of hydrogen-bond donors (Lipinski definition) is 0. The summed E-state index contributed by atoms with van der Waals surface area (Å²) in [5.41, 5.74) is 0.258. The van der Waals surface area contributed by atoms with Gasteiger partial charge in [0.2, 0.25) is 0 Å². The van der Waals surface area contributed by atoms with Gasteiger partial charge in [0.15, 0.2) is 0 Å². The molecule has 1 rings (SSSR count). The number of allylic oxidation sites excluding steroid dienone is 4. The third-order valence-corrected chi connectivity index (χ3v) is 2.67. The Bertz CT molecular complexity index is 229. The Morgan fingerprint density at radius 1 is 1.42 bits per heavy atom. The highest BCUT2D eigenvalue weighted by molar-refractivity contribution is 9.11. The Labute approximate surface area is 79.5 Å². The second-order valence-corrected chi connectivity index (χ2v) is 3.88. The molecule has 0 radical (unpaired) electrons. The van der Waals surface area contributed by atoms with Crippen molar-refractivity contribution < 1.29 is 8.78 Å². The van der Waals surface area contributed by atoms with Gasteiger partial charge in [0.25, 0.3) is 5.92 Å². The van der Waals surface area contributed by atoms with Gasteiger partial charge in [-0.1, -0.05) is 35.0 Å². The second kappa shape index (κ2) is 3.69. The highest BCUT2D eigenvalue weighted by atomic mass is 79.9. The molecule has 0 fully saturated rings. The van der Waals surface area contributed by atoms with E-state index < -0.39 is 5.92 Å². The first-order valence-corrected chi connectivity index (χ1v) is 4.79. The van der Waals surface area contributed by atoms with E-state index in [1.54, 1.807) is 6.08 Å². The van der Waals surface area contributed by atoms with Gasteiger partial charge in [0.1, 0.15) is 0 Å². The minimum absolute atomic E-state index is 0.107. The summed E-state index contributed by atoms with van der Waals surface area (Å²) in [4.78, 5) is 0. The van der Waals surface area contributed by atoms with Gasteiger partial charge in [-0.2, -0.15) is 0 Å². The number of rotatable bonds is 2. The fourth-order valence-corrected chi connectivity index (χ4v) is 1.47. The topological polar surface area (TPSA) is 0 Å². The van der Waals surface area contributed by atoms with E-state index in [4.69, 9.17) is 0 Å². The molecule has 0 saturated carbocycles. The summed E-state index contributed by atoms with van der Waals surface area (Å²) >= 11 is 3.28. The predicted octanol–water partition coefficient (Wildman–Crippen LogP) is 4.03. The zero-order valence-electron chi connectivity index (χ0n) is 6.91. The molecule has 0 aromatic carbocycles. The zero-order valence-corrected chi connectivity index (χ0v) is 8.50. The van der Waals surface area contributed by atoms with Gasteiger partial charge >= 0.3 is 0 Å². The normalized spacial score (nSPS) is 18.7. The molecule has 0 spiro atoms. The number of hydrogen-bond acceptors (Lipinski definition) is 0. The van der Waals surface area contributed by atoms with Crippen molar-refractivity contribution in [3.8, 4) is 0 Å². The van der Waals surface area contributed by atoms with E-state index in [1.165, 1.54) is 13.0 Å². The molecule has 0 aliphatic heterocycles. The SMILES string of the molecule is CCC(F)(F)C1=CC=C(Br)CC1. The van der Waals surface area contributed by atoms with Crippen LogP contribution in [0, 0.1) is 0 Å². The van der Waals surface area contributed by atoms with Crippen molar-refractivity contribution in [1.82, 2.24) is 0 Å².